The average molecular weight is 222 g/mol. The summed E-state index contributed by atoms with van der Waals surface area (Å²) >= 11 is 5.50. The van der Waals surface area contributed by atoms with Gasteiger partial charge in [0.1, 0.15) is 0 Å². The lowest BCUT2D eigenvalue weighted by Crippen LogP contribution is -2.30. The van der Waals surface area contributed by atoms with Crippen LogP contribution in [0.1, 0.15) is 26.7 Å². The number of carbonyl (C=O) groups excluding carboxylic acids is 1. The Kier molecular flexibility index (Phi) is 7.90. The number of hydrogen-bond acceptors (Lipinski definition) is 2. The second-order valence-electron chi connectivity index (χ2n) is 3.53. The van der Waals surface area contributed by atoms with Crippen LogP contribution in [0.15, 0.2) is 0 Å². The van der Waals surface area contributed by atoms with Gasteiger partial charge in [0.05, 0.1) is 12.7 Å². The lowest BCUT2D eigenvalue weighted by molar-refractivity contribution is -0.130. The maximum absolute atomic E-state index is 11.4. The molecule has 0 aliphatic heterocycles. The quantitative estimate of drug-likeness (QED) is 0.615. The highest BCUT2D eigenvalue weighted by Crippen LogP contribution is 1.97. The van der Waals surface area contributed by atoms with E-state index < -0.39 is 0 Å². The van der Waals surface area contributed by atoms with Crippen molar-refractivity contribution in [1.29, 1.82) is 0 Å². The summed E-state index contributed by atoms with van der Waals surface area (Å²) in [5.74, 6) is 0.681. The number of nitrogens with zero attached hydrogens (tertiary/aromatic N) is 1. The summed E-state index contributed by atoms with van der Waals surface area (Å²) in [6.45, 7) is 5.21. The summed E-state index contributed by atoms with van der Waals surface area (Å²) in [5.41, 5.74) is 0. The van der Waals surface area contributed by atoms with Gasteiger partial charge in [0.25, 0.3) is 0 Å². The molecule has 0 rings (SSSR count). The monoisotopic (exact) mass is 221 g/mol. The fourth-order valence-electron chi connectivity index (χ4n) is 0.959. The summed E-state index contributed by atoms with van der Waals surface area (Å²) in [4.78, 5) is 13.1. The molecule has 0 aromatic rings. The minimum Gasteiger partial charge on any atom is -0.377 e. The van der Waals surface area contributed by atoms with E-state index in [0.717, 1.165) is 6.42 Å². The van der Waals surface area contributed by atoms with Gasteiger partial charge in [-0.2, -0.15) is 0 Å². The van der Waals surface area contributed by atoms with Crippen LogP contribution in [0.25, 0.3) is 0 Å². The Balaban J connectivity index is 3.51. The number of ether oxygens (including phenoxy) is 1. The Bertz CT molecular complexity index is 162. The van der Waals surface area contributed by atoms with Crippen molar-refractivity contribution >= 4 is 17.5 Å². The van der Waals surface area contributed by atoms with Crippen molar-refractivity contribution in [3.05, 3.63) is 0 Å². The highest BCUT2D eigenvalue weighted by Gasteiger charge is 2.07. The Hall–Kier alpha value is -0.280. The van der Waals surface area contributed by atoms with Crippen molar-refractivity contribution in [2.24, 2.45) is 0 Å². The highest BCUT2D eigenvalue weighted by molar-refractivity contribution is 6.17. The van der Waals surface area contributed by atoms with E-state index >= 15 is 0 Å². The van der Waals surface area contributed by atoms with E-state index in [0.29, 0.717) is 25.5 Å². The number of rotatable bonds is 7. The second kappa shape index (κ2) is 8.06. The third-order valence-electron chi connectivity index (χ3n) is 1.83. The molecule has 0 heterocycles. The molecule has 0 radical (unpaired) electrons. The first-order valence-electron chi connectivity index (χ1n) is 4.99. The molecule has 14 heavy (non-hydrogen) atoms. The van der Waals surface area contributed by atoms with Gasteiger partial charge in [-0.3, -0.25) is 4.79 Å². The van der Waals surface area contributed by atoms with Gasteiger partial charge in [-0.05, 0) is 20.3 Å². The van der Waals surface area contributed by atoms with Crippen molar-refractivity contribution in [3.63, 3.8) is 0 Å². The number of amides is 1. The van der Waals surface area contributed by atoms with Crippen LogP contribution in [0, 0.1) is 0 Å². The Labute approximate surface area is 91.4 Å². The Morgan fingerprint density at radius 2 is 2.14 bits per heavy atom. The Morgan fingerprint density at radius 3 is 2.64 bits per heavy atom. The third-order valence-corrected chi connectivity index (χ3v) is 2.10. The van der Waals surface area contributed by atoms with Gasteiger partial charge < -0.3 is 9.64 Å². The molecule has 0 fully saturated rings. The van der Waals surface area contributed by atoms with Crippen LogP contribution in [-0.2, 0) is 9.53 Å². The van der Waals surface area contributed by atoms with Crippen LogP contribution in [0.3, 0.4) is 0 Å². The van der Waals surface area contributed by atoms with Crippen molar-refractivity contribution < 1.29 is 9.53 Å². The number of hydrogen-bond donors (Lipinski definition) is 0. The van der Waals surface area contributed by atoms with Crippen molar-refractivity contribution in [2.45, 2.75) is 32.8 Å². The smallest absolute Gasteiger partial charge is 0.222 e. The molecular formula is C10H20ClNO2. The predicted octanol–water partition coefficient (Wildman–Crippen LogP) is 1.89. The van der Waals surface area contributed by atoms with Crippen LogP contribution >= 0.6 is 11.6 Å². The molecule has 0 N–H and O–H groups in total. The third kappa shape index (κ3) is 7.15. The molecule has 3 nitrogen and oxygen atoms in total. The molecule has 84 valence electrons. The molecule has 1 amide bonds. The van der Waals surface area contributed by atoms with E-state index in [1.807, 2.05) is 13.8 Å². The molecule has 0 spiro atoms. The van der Waals surface area contributed by atoms with Gasteiger partial charge in [0.2, 0.25) is 5.91 Å². The van der Waals surface area contributed by atoms with E-state index in [1.54, 1.807) is 11.9 Å². The van der Waals surface area contributed by atoms with Crippen LogP contribution in [-0.4, -0.2) is 43.0 Å². The summed E-state index contributed by atoms with van der Waals surface area (Å²) in [5, 5.41) is 0. The minimum atomic E-state index is 0.137. The standard InChI is InChI=1S/C10H20ClNO2/c1-9(2)14-8-7-12(3)10(13)5-4-6-11/h9H,4-8H2,1-3H3. The molecular weight excluding hydrogens is 202 g/mol. The SMILES string of the molecule is CC(C)OCCN(C)C(=O)CCCCl. The summed E-state index contributed by atoms with van der Waals surface area (Å²) < 4.78 is 5.35. The first-order chi connectivity index (χ1) is 6.57. The van der Waals surface area contributed by atoms with Crippen LogP contribution < -0.4 is 0 Å². The highest BCUT2D eigenvalue weighted by atomic mass is 35.5. The molecule has 0 aromatic carbocycles. The number of carbonyl (C=O) groups is 1. The summed E-state index contributed by atoms with van der Waals surface area (Å²) in [6.07, 6.45) is 1.50. The van der Waals surface area contributed by atoms with Gasteiger partial charge in [0.15, 0.2) is 0 Å². The zero-order valence-electron chi connectivity index (χ0n) is 9.25. The molecule has 0 saturated carbocycles. The number of likely N-dealkylation sites (N-methyl/N-ethyl adjacent to an activating group) is 1. The zero-order valence-corrected chi connectivity index (χ0v) is 10.0. The molecule has 0 aromatic heterocycles. The van der Waals surface area contributed by atoms with Gasteiger partial charge in [-0.1, -0.05) is 0 Å². The van der Waals surface area contributed by atoms with Gasteiger partial charge in [-0.15, -0.1) is 11.6 Å². The summed E-state index contributed by atoms with van der Waals surface area (Å²) in [7, 11) is 1.79. The molecule has 0 aliphatic rings. The van der Waals surface area contributed by atoms with E-state index in [2.05, 4.69) is 0 Å². The zero-order chi connectivity index (χ0) is 11.0. The van der Waals surface area contributed by atoms with Crippen LogP contribution in [0.4, 0.5) is 0 Å². The van der Waals surface area contributed by atoms with Crippen molar-refractivity contribution in [2.75, 3.05) is 26.1 Å². The average Bonchev–Trinajstić information content (AvgIpc) is 2.13. The minimum absolute atomic E-state index is 0.137. The van der Waals surface area contributed by atoms with E-state index in [-0.39, 0.29) is 12.0 Å². The molecule has 0 atom stereocenters. The fourth-order valence-corrected chi connectivity index (χ4v) is 1.09. The molecule has 0 saturated heterocycles. The molecule has 0 aliphatic carbocycles. The number of alkyl halides is 1. The Morgan fingerprint density at radius 1 is 1.50 bits per heavy atom. The van der Waals surface area contributed by atoms with Gasteiger partial charge in [-0.25, -0.2) is 0 Å². The maximum atomic E-state index is 11.4. The predicted molar refractivity (Wildman–Crippen MR) is 58.7 cm³/mol. The van der Waals surface area contributed by atoms with Crippen LogP contribution in [0.5, 0.6) is 0 Å². The van der Waals surface area contributed by atoms with Gasteiger partial charge in [0, 0.05) is 25.9 Å². The van der Waals surface area contributed by atoms with E-state index in [4.69, 9.17) is 16.3 Å². The number of halogens is 1. The molecule has 4 heteroatoms. The van der Waals surface area contributed by atoms with Gasteiger partial charge >= 0.3 is 0 Å². The lowest BCUT2D eigenvalue weighted by atomic mass is 10.3. The topological polar surface area (TPSA) is 29.5 Å². The van der Waals surface area contributed by atoms with Crippen molar-refractivity contribution in [3.8, 4) is 0 Å². The fraction of sp³-hybridized carbons (Fsp3) is 0.900. The van der Waals surface area contributed by atoms with Crippen molar-refractivity contribution in [1.82, 2.24) is 4.90 Å². The first-order valence-corrected chi connectivity index (χ1v) is 5.53. The second-order valence-corrected chi connectivity index (χ2v) is 3.91. The van der Waals surface area contributed by atoms with E-state index in [9.17, 15) is 4.79 Å². The normalized spacial score (nSPS) is 10.6. The molecule has 0 bridgehead atoms. The van der Waals surface area contributed by atoms with E-state index in [1.165, 1.54) is 0 Å². The largest absolute Gasteiger partial charge is 0.377 e. The van der Waals surface area contributed by atoms with Crippen LogP contribution in [0.2, 0.25) is 0 Å². The summed E-state index contributed by atoms with van der Waals surface area (Å²) in [6, 6.07) is 0. The lowest BCUT2D eigenvalue weighted by Gasteiger charge is -2.17. The first kappa shape index (κ1) is 13.7. The molecule has 0 unspecified atom stereocenters. The maximum Gasteiger partial charge on any atom is 0.222 e.